The Labute approximate surface area is 88.8 Å². The number of hydrogen-bond donors (Lipinski definition) is 1. The lowest BCUT2D eigenvalue weighted by atomic mass is 9.87. The van der Waals surface area contributed by atoms with Gasteiger partial charge in [-0.3, -0.25) is 4.90 Å². The van der Waals surface area contributed by atoms with Gasteiger partial charge >= 0.3 is 0 Å². The van der Waals surface area contributed by atoms with Crippen LogP contribution in [0.2, 0.25) is 0 Å². The first-order valence-corrected chi connectivity index (χ1v) is 5.96. The van der Waals surface area contributed by atoms with Crippen molar-refractivity contribution >= 4 is 0 Å². The highest BCUT2D eigenvalue weighted by Gasteiger charge is 2.28. The molecule has 2 unspecified atom stereocenters. The summed E-state index contributed by atoms with van der Waals surface area (Å²) in [7, 11) is 0. The van der Waals surface area contributed by atoms with Crippen molar-refractivity contribution in [2.75, 3.05) is 13.1 Å². The average Bonchev–Trinajstić information content (AvgIpc) is 2.13. The second-order valence-electron chi connectivity index (χ2n) is 5.53. The van der Waals surface area contributed by atoms with E-state index >= 15 is 0 Å². The van der Waals surface area contributed by atoms with Crippen LogP contribution in [0.4, 0.5) is 0 Å². The second kappa shape index (κ2) is 4.63. The van der Waals surface area contributed by atoms with E-state index in [9.17, 15) is 0 Å². The zero-order valence-corrected chi connectivity index (χ0v) is 10.2. The van der Waals surface area contributed by atoms with Crippen LogP contribution in [0.1, 0.15) is 47.0 Å². The topological polar surface area (TPSA) is 29.3 Å². The minimum absolute atomic E-state index is 0.386. The molecule has 1 saturated heterocycles. The van der Waals surface area contributed by atoms with Gasteiger partial charge in [0.1, 0.15) is 0 Å². The molecule has 0 aromatic rings. The lowest BCUT2D eigenvalue weighted by Gasteiger charge is -2.41. The Hall–Kier alpha value is -0.0800. The Bertz CT molecular complexity index is 177. The van der Waals surface area contributed by atoms with E-state index in [1.54, 1.807) is 0 Å². The van der Waals surface area contributed by atoms with Gasteiger partial charge in [0.2, 0.25) is 0 Å². The molecule has 1 aliphatic heterocycles. The van der Waals surface area contributed by atoms with Gasteiger partial charge in [0, 0.05) is 18.6 Å². The summed E-state index contributed by atoms with van der Waals surface area (Å²) in [5.74, 6) is 0. The highest BCUT2D eigenvalue weighted by Crippen LogP contribution is 2.25. The molecular weight excluding hydrogens is 172 g/mol. The minimum Gasteiger partial charge on any atom is -0.326 e. The Morgan fingerprint density at radius 1 is 1.43 bits per heavy atom. The number of piperidine rings is 1. The molecule has 0 aromatic heterocycles. The molecule has 1 aliphatic rings. The summed E-state index contributed by atoms with van der Waals surface area (Å²) >= 11 is 0. The average molecular weight is 198 g/mol. The van der Waals surface area contributed by atoms with E-state index in [4.69, 9.17) is 5.73 Å². The molecule has 84 valence electrons. The lowest BCUT2D eigenvalue weighted by Crippen LogP contribution is -2.52. The maximum atomic E-state index is 6.09. The summed E-state index contributed by atoms with van der Waals surface area (Å²) in [5, 5.41) is 0. The molecule has 0 aromatic carbocycles. The summed E-state index contributed by atoms with van der Waals surface area (Å²) in [6, 6.07) is 0.950. The SMILES string of the molecule is CCC(C)(C)CN1CCCC(N)C1C. The first kappa shape index (κ1) is 12.0. The summed E-state index contributed by atoms with van der Waals surface area (Å²) in [5.41, 5.74) is 6.52. The van der Waals surface area contributed by atoms with E-state index in [1.807, 2.05) is 0 Å². The van der Waals surface area contributed by atoms with E-state index < -0.39 is 0 Å². The standard InChI is InChI=1S/C12H26N2/c1-5-12(3,4)9-14-8-6-7-11(13)10(14)2/h10-11H,5-9,13H2,1-4H3. The molecule has 0 aliphatic carbocycles. The zero-order valence-electron chi connectivity index (χ0n) is 10.2. The fourth-order valence-corrected chi connectivity index (χ4v) is 2.13. The third-order valence-electron chi connectivity index (χ3n) is 3.77. The molecule has 2 nitrogen and oxygen atoms in total. The number of nitrogens with two attached hydrogens (primary N) is 1. The van der Waals surface area contributed by atoms with Crippen LogP contribution in [0.15, 0.2) is 0 Å². The molecule has 2 N–H and O–H groups in total. The lowest BCUT2D eigenvalue weighted by molar-refractivity contribution is 0.0900. The van der Waals surface area contributed by atoms with Gasteiger partial charge in [-0.15, -0.1) is 0 Å². The van der Waals surface area contributed by atoms with Crippen molar-refractivity contribution in [2.45, 2.75) is 59.0 Å². The van der Waals surface area contributed by atoms with E-state index in [0.29, 0.717) is 17.5 Å². The van der Waals surface area contributed by atoms with Gasteiger partial charge in [0.05, 0.1) is 0 Å². The minimum atomic E-state index is 0.386. The van der Waals surface area contributed by atoms with Gasteiger partial charge < -0.3 is 5.73 Å². The van der Waals surface area contributed by atoms with E-state index in [-0.39, 0.29) is 0 Å². The van der Waals surface area contributed by atoms with Crippen LogP contribution in [0.5, 0.6) is 0 Å². The molecular formula is C12H26N2. The van der Waals surface area contributed by atoms with Crippen molar-refractivity contribution in [2.24, 2.45) is 11.1 Å². The summed E-state index contributed by atoms with van der Waals surface area (Å²) in [4.78, 5) is 2.57. The van der Waals surface area contributed by atoms with Crippen LogP contribution in [0.25, 0.3) is 0 Å². The first-order chi connectivity index (χ1) is 6.46. The smallest absolute Gasteiger partial charge is 0.0219 e. The fraction of sp³-hybridized carbons (Fsp3) is 1.00. The van der Waals surface area contributed by atoms with E-state index in [1.165, 1.54) is 32.4 Å². The largest absolute Gasteiger partial charge is 0.326 e. The number of hydrogen-bond acceptors (Lipinski definition) is 2. The summed E-state index contributed by atoms with van der Waals surface area (Å²) in [6.07, 6.45) is 3.71. The van der Waals surface area contributed by atoms with Gasteiger partial charge in [-0.2, -0.15) is 0 Å². The second-order valence-corrected chi connectivity index (χ2v) is 5.53. The number of rotatable bonds is 3. The number of nitrogens with zero attached hydrogens (tertiary/aromatic N) is 1. The molecule has 1 fully saturated rings. The normalized spacial score (nSPS) is 30.6. The van der Waals surface area contributed by atoms with Crippen molar-refractivity contribution in [1.29, 1.82) is 0 Å². The van der Waals surface area contributed by atoms with Crippen LogP contribution in [-0.2, 0) is 0 Å². The summed E-state index contributed by atoms with van der Waals surface area (Å²) in [6.45, 7) is 11.7. The van der Waals surface area contributed by atoms with Crippen LogP contribution in [0, 0.1) is 5.41 Å². The molecule has 2 atom stereocenters. The molecule has 0 amide bonds. The van der Waals surface area contributed by atoms with Crippen molar-refractivity contribution in [3.05, 3.63) is 0 Å². The Morgan fingerprint density at radius 3 is 2.64 bits per heavy atom. The molecule has 2 heteroatoms. The van der Waals surface area contributed by atoms with E-state index in [2.05, 4.69) is 32.6 Å². The van der Waals surface area contributed by atoms with Gasteiger partial charge in [-0.1, -0.05) is 20.8 Å². The maximum absolute atomic E-state index is 6.09. The summed E-state index contributed by atoms with van der Waals surface area (Å²) < 4.78 is 0. The van der Waals surface area contributed by atoms with Crippen molar-refractivity contribution in [3.63, 3.8) is 0 Å². The molecule has 0 radical (unpaired) electrons. The molecule has 0 saturated carbocycles. The highest BCUT2D eigenvalue weighted by atomic mass is 15.2. The third-order valence-corrected chi connectivity index (χ3v) is 3.77. The Balaban J connectivity index is 2.51. The zero-order chi connectivity index (χ0) is 10.8. The van der Waals surface area contributed by atoms with Crippen LogP contribution in [-0.4, -0.2) is 30.1 Å². The highest BCUT2D eigenvalue weighted by molar-refractivity contribution is 4.86. The first-order valence-electron chi connectivity index (χ1n) is 5.96. The third kappa shape index (κ3) is 2.96. The molecule has 1 rings (SSSR count). The van der Waals surface area contributed by atoms with Gasteiger partial charge in [0.25, 0.3) is 0 Å². The molecule has 0 spiro atoms. The predicted octanol–water partition coefficient (Wildman–Crippen LogP) is 2.23. The predicted molar refractivity (Wildman–Crippen MR) is 62.3 cm³/mol. The quantitative estimate of drug-likeness (QED) is 0.753. The van der Waals surface area contributed by atoms with E-state index in [0.717, 1.165) is 0 Å². The molecule has 1 heterocycles. The van der Waals surface area contributed by atoms with Gasteiger partial charge in [-0.25, -0.2) is 0 Å². The monoisotopic (exact) mass is 198 g/mol. The van der Waals surface area contributed by atoms with Gasteiger partial charge in [-0.05, 0) is 38.1 Å². The van der Waals surface area contributed by atoms with Crippen LogP contribution < -0.4 is 5.73 Å². The molecule has 0 bridgehead atoms. The van der Waals surface area contributed by atoms with Crippen LogP contribution in [0.3, 0.4) is 0 Å². The van der Waals surface area contributed by atoms with Crippen molar-refractivity contribution < 1.29 is 0 Å². The van der Waals surface area contributed by atoms with Crippen LogP contribution >= 0.6 is 0 Å². The fourth-order valence-electron chi connectivity index (χ4n) is 2.13. The molecule has 14 heavy (non-hydrogen) atoms. The maximum Gasteiger partial charge on any atom is 0.0219 e. The Morgan fingerprint density at radius 2 is 2.07 bits per heavy atom. The Kier molecular flexibility index (Phi) is 3.96. The van der Waals surface area contributed by atoms with Crippen molar-refractivity contribution in [1.82, 2.24) is 4.90 Å². The number of likely N-dealkylation sites (tertiary alicyclic amines) is 1. The van der Waals surface area contributed by atoms with Crippen molar-refractivity contribution in [3.8, 4) is 0 Å². The van der Waals surface area contributed by atoms with Gasteiger partial charge in [0.15, 0.2) is 0 Å².